The summed E-state index contributed by atoms with van der Waals surface area (Å²) in [7, 11) is 0. The number of furan rings is 1. The maximum atomic E-state index is 8.91. The summed E-state index contributed by atoms with van der Waals surface area (Å²) in [6.07, 6.45) is 0. The highest BCUT2D eigenvalue weighted by atomic mass is 16.3. The molecule has 0 fully saturated rings. The Morgan fingerprint density at radius 1 is 0.426 bits per heavy atom. The van der Waals surface area contributed by atoms with Gasteiger partial charge in [0.15, 0.2) is 17.5 Å². The predicted molar refractivity (Wildman–Crippen MR) is 192 cm³/mol. The summed E-state index contributed by atoms with van der Waals surface area (Å²) in [5, 5.41) is 1.83. The summed E-state index contributed by atoms with van der Waals surface area (Å²) in [5.41, 5.74) is 3.23. The minimum Gasteiger partial charge on any atom is -0.456 e. The van der Waals surface area contributed by atoms with Crippen molar-refractivity contribution in [2.75, 3.05) is 0 Å². The summed E-state index contributed by atoms with van der Waals surface area (Å²) in [5.74, 6) is 0.426. The minimum atomic E-state index is -0.520. The third-order valence-corrected chi connectivity index (χ3v) is 7.92. The maximum Gasteiger partial charge on any atom is 0.164 e. The fourth-order valence-electron chi connectivity index (χ4n) is 5.69. The topological polar surface area (TPSA) is 51.8 Å². The summed E-state index contributed by atoms with van der Waals surface area (Å²) in [6, 6.07) is 22.7. The lowest BCUT2D eigenvalue weighted by Crippen LogP contribution is -2.00. The average molecular weight is 614 g/mol. The molecule has 0 N–H and O–H groups in total. The Balaban J connectivity index is 1.16. The van der Waals surface area contributed by atoms with Gasteiger partial charge >= 0.3 is 0 Å². The van der Waals surface area contributed by atoms with E-state index in [2.05, 4.69) is 9.97 Å². The Bertz CT molecular complexity index is 3230. The van der Waals surface area contributed by atoms with Crippen molar-refractivity contribution in [3.8, 4) is 56.4 Å². The lowest BCUT2D eigenvalue weighted by molar-refractivity contribution is 0.669. The van der Waals surface area contributed by atoms with Crippen molar-refractivity contribution in [2.24, 2.45) is 0 Å². The molecule has 0 radical (unpaired) electrons. The van der Waals surface area contributed by atoms with Crippen molar-refractivity contribution >= 4 is 32.7 Å². The molecule has 0 spiro atoms. The van der Waals surface area contributed by atoms with Crippen molar-refractivity contribution < 1.29 is 20.9 Å². The van der Waals surface area contributed by atoms with E-state index in [9.17, 15) is 0 Å². The van der Waals surface area contributed by atoms with Crippen LogP contribution in [0.1, 0.15) is 16.4 Å². The van der Waals surface area contributed by atoms with Gasteiger partial charge in [-0.25, -0.2) is 15.0 Å². The van der Waals surface area contributed by atoms with Crippen molar-refractivity contribution in [3.63, 3.8) is 0 Å². The van der Waals surface area contributed by atoms with Crippen molar-refractivity contribution in [3.05, 3.63) is 164 Å². The molecule has 7 aromatic carbocycles. The summed E-state index contributed by atoms with van der Waals surface area (Å²) >= 11 is 0. The highest BCUT2D eigenvalue weighted by molar-refractivity contribution is 6.12. The van der Waals surface area contributed by atoms with E-state index in [1.807, 2.05) is 84.9 Å². The van der Waals surface area contributed by atoms with Crippen LogP contribution in [0, 0.1) is 0 Å². The second-order valence-corrected chi connectivity index (χ2v) is 10.8. The van der Waals surface area contributed by atoms with Crippen molar-refractivity contribution in [1.29, 1.82) is 0 Å². The molecule has 0 aliphatic rings. The van der Waals surface area contributed by atoms with Crippen LogP contribution in [0.5, 0.6) is 0 Å². The molecule has 0 unspecified atom stereocenters. The number of fused-ring (bicyclic) bond motifs is 4. The Kier molecular flexibility index (Phi) is 4.13. The first-order valence-corrected chi connectivity index (χ1v) is 14.7. The van der Waals surface area contributed by atoms with Crippen LogP contribution in [0.2, 0.25) is 0 Å². The van der Waals surface area contributed by atoms with E-state index in [0.29, 0.717) is 16.7 Å². The van der Waals surface area contributed by atoms with Crippen LogP contribution in [0.25, 0.3) is 89.1 Å². The lowest BCUT2D eigenvalue weighted by atomic mass is 9.95. The van der Waals surface area contributed by atoms with Crippen LogP contribution in [-0.4, -0.2) is 15.0 Å². The van der Waals surface area contributed by atoms with Crippen LogP contribution in [0.4, 0.5) is 0 Å². The first kappa shape index (κ1) is 17.3. The van der Waals surface area contributed by atoms with Gasteiger partial charge in [-0.05, 0) is 63.3 Å². The number of hydrogen-bond donors (Lipinski definition) is 0. The smallest absolute Gasteiger partial charge is 0.164 e. The number of benzene rings is 7. The van der Waals surface area contributed by atoms with E-state index in [1.54, 1.807) is 6.07 Å². The summed E-state index contributed by atoms with van der Waals surface area (Å²) < 4.78 is 107. The van der Waals surface area contributed by atoms with E-state index in [-0.39, 0.29) is 68.7 Å². The minimum absolute atomic E-state index is 0.0489. The molecule has 0 aliphatic carbocycles. The zero-order chi connectivity index (χ0) is 41.6. The number of nitrogens with zero attached hydrogens (tertiary/aromatic N) is 3. The monoisotopic (exact) mass is 613 g/mol. The van der Waals surface area contributed by atoms with E-state index in [4.69, 9.17) is 25.9 Å². The van der Waals surface area contributed by atoms with Crippen molar-refractivity contribution in [1.82, 2.24) is 15.0 Å². The summed E-state index contributed by atoms with van der Waals surface area (Å²) in [6.45, 7) is 0. The van der Waals surface area contributed by atoms with Crippen LogP contribution >= 0.6 is 0 Å². The lowest BCUT2D eigenvalue weighted by Gasteiger charge is -2.10. The first-order chi connectivity index (χ1) is 28.2. The Labute approximate surface area is 288 Å². The standard InChI is InChI=1S/C43H27N3O/c1-3-11-28(12-4-1)41-44-42(29-13-5-2-6-14-29)46-43(45-41)35-16-9-15-30(27-35)31-21-22-33-26-34(24-23-32(33)25-31)36-18-10-20-39-40(36)37-17-7-8-19-38(37)47-39/h1-27H/i1D,3D,4D,7D,8D,10D,11D,12D,17D,18D,19D,20D. The highest BCUT2D eigenvalue weighted by Crippen LogP contribution is 2.38. The second kappa shape index (κ2) is 11.2. The molecule has 2 heterocycles. The summed E-state index contributed by atoms with van der Waals surface area (Å²) in [4.78, 5) is 14.0. The van der Waals surface area contributed by atoms with Gasteiger partial charge in [0.05, 0.1) is 16.4 Å². The number of para-hydroxylation sites is 1. The van der Waals surface area contributed by atoms with Gasteiger partial charge in [0.1, 0.15) is 11.2 Å². The predicted octanol–water partition coefficient (Wildman–Crippen LogP) is 11.3. The van der Waals surface area contributed by atoms with Gasteiger partial charge in [-0.2, -0.15) is 0 Å². The highest BCUT2D eigenvalue weighted by Gasteiger charge is 2.14. The van der Waals surface area contributed by atoms with E-state index >= 15 is 0 Å². The third kappa shape index (κ3) is 4.93. The third-order valence-electron chi connectivity index (χ3n) is 7.92. The molecule has 220 valence electrons. The molecule has 2 aromatic heterocycles. The van der Waals surface area contributed by atoms with Crippen LogP contribution in [0.3, 0.4) is 0 Å². The first-order valence-electron chi connectivity index (χ1n) is 20.7. The molecule has 0 amide bonds. The van der Waals surface area contributed by atoms with E-state index in [1.165, 1.54) is 0 Å². The zero-order valence-electron chi connectivity index (χ0n) is 36.4. The number of hydrogen-bond acceptors (Lipinski definition) is 4. The average Bonchev–Trinajstić information content (AvgIpc) is 3.66. The molecule has 4 heteroatoms. The van der Waals surface area contributed by atoms with Gasteiger partial charge in [-0.3, -0.25) is 0 Å². The quantitative estimate of drug-likeness (QED) is 0.194. The Morgan fingerprint density at radius 2 is 1.04 bits per heavy atom. The van der Waals surface area contributed by atoms with Crippen LogP contribution in [0.15, 0.2) is 168 Å². The molecule has 4 nitrogen and oxygen atoms in total. The normalized spacial score (nSPS) is 15.0. The van der Waals surface area contributed by atoms with Gasteiger partial charge in [0.25, 0.3) is 0 Å². The van der Waals surface area contributed by atoms with Crippen molar-refractivity contribution in [2.45, 2.75) is 0 Å². The molecule has 0 atom stereocenters. The van der Waals surface area contributed by atoms with Gasteiger partial charge in [0.2, 0.25) is 0 Å². The molecule has 0 saturated heterocycles. The van der Waals surface area contributed by atoms with E-state index in [0.717, 1.165) is 21.9 Å². The van der Waals surface area contributed by atoms with Crippen LogP contribution < -0.4 is 0 Å². The zero-order valence-corrected chi connectivity index (χ0v) is 24.4. The molecular formula is C43H27N3O. The fourth-order valence-corrected chi connectivity index (χ4v) is 5.69. The Hall–Kier alpha value is -6.39. The number of aromatic nitrogens is 3. The maximum absolute atomic E-state index is 8.91. The number of rotatable bonds is 5. The molecule has 0 saturated carbocycles. The SMILES string of the molecule is [2H]c1c([2H])c([2H])c(-c2nc(-c3ccccc3)nc(-c3cccc(-c4ccc5cc(-c6c([2H])c([2H])c([2H])c7oc8c([2H])c([2H])c([2H])c([2H])c8c67)ccc5c4)c3)n2)c([2H])c1[2H]. The Morgan fingerprint density at radius 3 is 1.87 bits per heavy atom. The second-order valence-electron chi connectivity index (χ2n) is 10.8. The molecule has 0 bridgehead atoms. The van der Waals surface area contributed by atoms with E-state index < -0.39 is 54.4 Å². The van der Waals surface area contributed by atoms with Gasteiger partial charge < -0.3 is 4.42 Å². The van der Waals surface area contributed by atoms with Gasteiger partial charge in [-0.1, -0.05) is 133 Å². The molecule has 0 aliphatic heterocycles. The molecule has 9 rings (SSSR count). The molecule has 9 aromatic rings. The van der Waals surface area contributed by atoms with Crippen LogP contribution in [-0.2, 0) is 0 Å². The molecular weight excluding hydrogens is 574 g/mol. The fraction of sp³-hybridized carbons (Fsp3) is 0. The van der Waals surface area contributed by atoms with Gasteiger partial charge in [0, 0.05) is 27.5 Å². The molecule has 47 heavy (non-hydrogen) atoms. The van der Waals surface area contributed by atoms with Gasteiger partial charge in [-0.15, -0.1) is 0 Å². The largest absolute Gasteiger partial charge is 0.456 e.